The van der Waals surface area contributed by atoms with Crippen molar-refractivity contribution >= 4 is 23.3 Å². The van der Waals surface area contributed by atoms with E-state index in [1.165, 1.54) is 18.3 Å². The summed E-state index contributed by atoms with van der Waals surface area (Å²) in [5.74, 6) is 0.157. The molecule has 40 heavy (non-hydrogen) atoms. The molecule has 3 aromatic carbocycles. The molecular weight excluding hydrogens is 525 g/mol. The summed E-state index contributed by atoms with van der Waals surface area (Å²) in [6.07, 6.45) is -2.64. The first-order chi connectivity index (χ1) is 19.2. The molecule has 3 amide bonds. The number of hydrogen-bond acceptors (Lipinski definition) is 5. The summed E-state index contributed by atoms with van der Waals surface area (Å²) in [7, 11) is 0. The molecule has 0 saturated carbocycles. The quantitative estimate of drug-likeness (QED) is 0.283. The summed E-state index contributed by atoms with van der Waals surface area (Å²) < 4.78 is 47.1. The highest BCUT2D eigenvalue weighted by molar-refractivity contribution is 6.00. The smallest absolute Gasteiger partial charge is 0.437 e. The van der Waals surface area contributed by atoms with Crippen molar-refractivity contribution in [2.45, 2.75) is 19.3 Å². The number of halogens is 3. The van der Waals surface area contributed by atoms with Gasteiger partial charge < -0.3 is 25.0 Å². The Morgan fingerprint density at radius 2 is 1.65 bits per heavy atom. The lowest BCUT2D eigenvalue weighted by atomic mass is 9.98. The highest BCUT2D eigenvalue weighted by atomic mass is 19.4. The maximum absolute atomic E-state index is 13.0. The van der Waals surface area contributed by atoms with Gasteiger partial charge in [-0.15, -0.1) is 13.2 Å². The van der Waals surface area contributed by atoms with Crippen LogP contribution in [0, 0.1) is 0 Å². The summed E-state index contributed by atoms with van der Waals surface area (Å²) in [5, 5.41) is 5.19. The van der Waals surface area contributed by atoms with Crippen molar-refractivity contribution in [2.75, 3.05) is 17.2 Å². The van der Waals surface area contributed by atoms with E-state index in [9.17, 15) is 22.8 Å². The zero-order chi connectivity index (χ0) is 28.1. The van der Waals surface area contributed by atoms with E-state index in [1.807, 2.05) is 30.3 Å². The first-order valence-electron chi connectivity index (χ1n) is 12.3. The van der Waals surface area contributed by atoms with Crippen LogP contribution < -0.4 is 20.1 Å². The van der Waals surface area contributed by atoms with Gasteiger partial charge >= 0.3 is 12.4 Å². The number of carbonyl (C=O) groups excluding carboxylic acids is 2. The van der Waals surface area contributed by atoms with Crippen LogP contribution in [0.25, 0.3) is 0 Å². The van der Waals surface area contributed by atoms with E-state index in [0.29, 0.717) is 30.8 Å². The second kappa shape index (κ2) is 11.4. The molecule has 0 spiro atoms. The molecule has 0 unspecified atom stereocenters. The molecule has 0 radical (unpaired) electrons. The second-order valence-corrected chi connectivity index (χ2v) is 8.85. The number of aromatic nitrogens is 1. The van der Waals surface area contributed by atoms with Crippen LogP contribution in [0.5, 0.6) is 17.4 Å². The van der Waals surface area contributed by atoms with Crippen LogP contribution in [-0.4, -0.2) is 34.7 Å². The summed E-state index contributed by atoms with van der Waals surface area (Å²) >= 11 is 0. The van der Waals surface area contributed by atoms with Crippen molar-refractivity contribution in [2.24, 2.45) is 0 Å². The Morgan fingerprint density at radius 3 is 2.40 bits per heavy atom. The molecule has 0 atom stereocenters. The Balaban J connectivity index is 1.28. The molecule has 11 heteroatoms. The van der Waals surface area contributed by atoms with Crippen LogP contribution >= 0.6 is 0 Å². The van der Waals surface area contributed by atoms with E-state index in [1.54, 1.807) is 35.2 Å². The van der Waals surface area contributed by atoms with E-state index in [0.717, 1.165) is 23.3 Å². The van der Waals surface area contributed by atoms with Crippen molar-refractivity contribution in [3.8, 4) is 17.4 Å². The third-order valence-electron chi connectivity index (χ3n) is 6.11. The van der Waals surface area contributed by atoms with Crippen molar-refractivity contribution in [3.63, 3.8) is 0 Å². The molecular formula is C29H23F3N4O4. The molecule has 4 aromatic rings. The minimum absolute atomic E-state index is 0.0732. The van der Waals surface area contributed by atoms with Gasteiger partial charge in [-0.1, -0.05) is 30.3 Å². The summed E-state index contributed by atoms with van der Waals surface area (Å²) in [6.45, 7) is 0.924. The van der Waals surface area contributed by atoms with Gasteiger partial charge in [0.15, 0.2) is 0 Å². The van der Waals surface area contributed by atoms with Crippen molar-refractivity contribution in [1.82, 2.24) is 9.88 Å². The lowest BCUT2D eigenvalue weighted by Crippen LogP contribution is -2.36. The monoisotopic (exact) mass is 548 g/mol. The molecule has 0 fully saturated rings. The van der Waals surface area contributed by atoms with E-state index in [4.69, 9.17) is 4.74 Å². The number of hydrogen-bond donors (Lipinski definition) is 2. The van der Waals surface area contributed by atoms with Gasteiger partial charge in [-0.25, -0.2) is 9.78 Å². The maximum atomic E-state index is 13.0. The summed E-state index contributed by atoms with van der Waals surface area (Å²) in [4.78, 5) is 31.7. The van der Waals surface area contributed by atoms with Crippen molar-refractivity contribution in [3.05, 3.63) is 108 Å². The van der Waals surface area contributed by atoms with Gasteiger partial charge in [-0.05, 0) is 66.6 Å². The van der Waals surface area contributed by atoms with Crippen molar-refractivity contribution in [1.29, 1.82) is 0 Å². The lowest BCUT2D eigenvalue weighted by Gasteiger charge is -2.30. The number of rotatable bonds is 6. The zero-order valence-corrected chi connectivity index (χ0v) is 20.9. The number of nitrogens with zero attached hydrogens (tertiary/aromatic N) is 2. The molecule has 2 heterocycles. The molecule has 1 aliphatic rings. The zero-order valence-electron chi connectivity index (χ0n) is 20.9. The Kier molecular flexibility index (Phi) is 7.54. The summed E-state index contributed by atoms with van der Waals surface area (Å²) in [5.41, 5.74) is 3.02. The lowest BCUT2D eigenvalue weighted by molar-refractivity contribution is -0.274. The number of alkyl halides is 3. The predicted octanol–water partition coefficient (Wildman–Crippen LogP) is 6.62. The number of urea groups is 1. The second-order valence-electron chi connectivity index (χ2n) is 8.85. The number of benzene rings is 3. The molecule has 204 valence electrons. The number of ether oxygens (including phenoxy) is 2. The Hall–Kier alpha value is -5.06. The van der Waals surface area contributed by atoms with Gasteiger partial charge in [0.2, 0.25) is 5.88 Å². The highest BCUT2D eigenvalue weighted by Crippen LogP contribution is 2.34. The van der Waals surface area contributed by atoms with Gasteiger partial charge in [-0.3, -0.25) is 4.79 Å². The number of anilines is 2. The minimum Gasteiger partial charge on any atom is -0.437 e. The maximum Gasteiger partial charge on any atom is 0.573 e. The number of pyridine rings is 1. The van der Waals surface area contributed by atoms with Crippen LogP contribution in [0.1, 0.15) is 21.5 Å². The van der Waals surface area contributed by atoms with Crippen LogP contribution in [0.2, 0.25) is 0 Å². The van der Waals surface area contributed by atoms with Crippen LogP contribution in [0.15, 0.2) is 91.1 Å². The van der Waals surface area contributed by atoms with E-state index >= 15 is 0 Å². The van der Waals surface area contributed by atoms with Gasteiger partial charge in [0.1, 0.15) is 17.2 Å². The van der Waals surface area contributed by atoms with Gasteiger partial charge in [0.05, 0.1) is 0 Å². The van der Waals surface area contributed by atoms with Crippen LogP contribution in [0.3, 0.4) is 0 Å². The fourth-order valence-electron chi connectivity index (χ4n) is 4.28. The first-order valence-corrected chi connectivity index (χ1v) is 12.3. The number of carbonyl (C=O) groups is 2. The van der Waals surface area contributed by atoms with E-state index < -0.39 is 18.1 Å². The molecule has 8 nitrogen and oxygen atoms in total. The molecule has 1 aliphatic heterocycles. The number of fused-ring (bicyclic) bond motifs is 1. The van der Waals surface area contributed by atoms with Gasteiger partial charge in [-0.2, -0.15) is 0 Å². The Labute approximate surface area is 227 Å². The Bertz CT molecular complexity index is 1510. The van der Waals surface area contributed by atoms with Crippen LogP contribution in [0.4, 0.5) is 29.3 Å². The van der Waals surface area contributed by atoms with Crippen LogP contribution in [-0.2, 0) is 13.0 Å². The SMILES string of the molecule is O=C(Nc1ccc(OC(F)(F)F)cc1)Nc1cccnc1Oc1cccc2c1CN(C(=O)c1ccccc1)CC2. The molecule has 5 rings (SSSR count). The molecule has 1 aromatic heterocycles. The Morgan fingerprint density at radius 1 is 0.875 bits per heavy atom. The van der Waals surface area contributed by atoms with E-state index in [2.05, 4.69) is 20.4 Å². The number of amides is 3. The predicted molar refractivity (Wildman–Crippen MR) is 141 cm³/mol. The molecule has 0 bridgehead atoms. The third kappa shape index (κ3) is 6.49. The molecule has 0 aliphatic carbocycles. The van der Waals surface area contributed by atoms with Gasteiger partial charge in [0, 0.05) is 36.1 Å². The molecule has 2 N–H and O–H groups in total. The summed E-state index contributed by atoms with van der Waals surface area (Å²) in [6, 6.07) is 22.0. The highest BCUT2D eigenvalue weighted by Gasteiger charge is 2.31. The minimum atomic E-state index is -4.81. The average molecular weight is 549 g/mol. The van der Waals surface area contributed by atoms with Crippen molar-refractivity contribution < 1.29 is 32.2 Å². The normalized spacial score (nSPS) is 12.7. The first kappa shape index (κ1) is 26.5. The van der Waals surface area contributed by atoms with Gasteiger partial charge in [0.25, 0.3) is 5.91 Å². The fourth-order valence-corrected chi connectivity index (χ4v) is 4.28. The standard InChI is InChI=1S/C29H23F3N4O4/c30-29(31,32)40-22-13-11-21(12-14-22)34-28(38)35-24-9-5-16-33-26(24)39-25-10-4-8-19-15-17-36(18-23(19)25)27(37)20-6-2-1-3-7-20/h1-14,16H,15,17-18H2,(H2,34,35,38). The largest absolute Gasteiger partial charge is 0.573 e. The topological polar surface area (TPSA) is 92.8 Å². The van der Waals surface area contributed by atoms with E-state index in [-0.39, 0.29) is 23.2 Å². The average Bonchev–Trinajstić information content (AvgIpc) is 2.94. The molecule has 0 saturated heterocycles. The fraction of sp³-hybridized carbons (Fsp3) is 0.138. The third-order valence-corrected chi connectivity index (χ3v) is 6.11. The number of nitrogens with one attached hydrogen (secondary N) is 2.